The largest absolute Gasteiger partial charge is 0.316 e. The second-order valence-corrected chi connectivity index (χ2v) is 5.55. The van der Waals surface area contributed by atoms with Gasteiger partial charge < -0.3 is 5.32 Å². The Balaban J connectivity index is 1.98. The molecule has 2 saturated heterocycles. The molecule has 0 amide bonds. The van der Waals surface area contributed by atoms with Gasteiger partial charge in [-0.2, -0.15) is 0 Å². The standard InChI is InChI=1S/C13H27N3/c1-11-6-4-7-12(2)16(11)15-9-5-8-13(10-15)14-3/h11-14H,4-10H2,1-3H3. The highest BCUT2D eigenvalue weighted by molar-refractivity contribution is 4.83. The Kier molecular flexibility index (Phi) is 4.22. The Labute approximate surface area is 100 Å². The number of hydrazine groups is 1. The highest BCUT2D eigenvalue weighted by Crippen LogP contribution is 2.26. The number of nitrogens with zero attached hydrogens (tertiary/aromatic N) is 2. The predicted molar refractivity (Wildman–Crippen MR) is 68.3 cm³/mol. The maximum atomic E-state index is 3.43. The molecule has 0 radical (unpaired) electrons. The van der Waals surface area contributed by atoms with Gasteiger partial charge in [-0.05, 0) is 46.6 Å². The third kappa shape index (κ3) is 2.58. The van der Waals surface area contributed by atoms with E-state index in [9.17, 15) is 0 Å². The average molecular weight is 225 g/mol. The predicted octanol–water partition coefficient (Wildman–Crippen LogP) is 1.85. The lowest BCUT2D eigenvalue weighted by molar-refractivity contribution is -0.118. The summed E-state index contributed by atoms with van der Waals surface area (Å²) in [5, 5.41) is 8.70. The molecule has 3 unspecified atom stereocenters. The van der Waals surface area contributed by atoms with E-state index in [-0.39, 0.29) is 0 Å². The van der Waals surface area contributed by atoms with Crippen LogP contribution in [0.15, 0.2) is 0 Å². The number of hydrogen-bond acceptors (Lipinski definition) is 3. The van der Waals surface area contributed by atoms with Gasteiger partial charge in [0.1, 0.15) is 0 Å². The molecular formula is C13H27N3. The summed E-state index contributed by atoms with van der Waals surface area (Å²) in [7, 11) is 2.09. The maximum absolute atomic E-state index is 3.43. The molecule has 16 heavy (non-hydrogen) atoms. The number of piperidine rings is 2. The first-order valence-electron chi connectivity index (χ1n) is 6.93. The van der Waals surface area contributed by atoms with Gasteiger partial charge in [-0.15, -0.1) is 0 Å². The molecule has 0 bridgehead atoms. The summed E-state index contributed by atoms with van der Waals surface area (Å²) in [5.41, 5.74) is 0. The minimum atomic E-state index is 0.690. The number of hydrogen-bond donors (Lipinski definition) is 1. The van der Waals surface area contributed by atoms with Gasteiger partial charge in [0, 0.05) is 31.2 Å². The molecule has 1 N–H and O–H groups in total. The molecule has 2 fully saturated rings. The molecule has 0 aromatic carbocycles. The lowest BCUT2D eigenvalue weighted by Crippen LogP contribution is -2.59. The van der Waals surface area contributed by atoms with Crippen LogP contribution in [0.25, 0.3) is 0 Å². The van der Waals surface area contributed by atoms with Crippen LogP contribution in [0.3, 0.4) is 0 Å². The van der Waals surface area contributed by atoms with Crippen LogP contribution in [0.4, 0.5) is 0 Å². The smallest absolute Gasteiger partial charge is 0.0287 e. The summed E-state index contributed by atoms with van der Waals surface area (Å²) in [6.45, 7) is 7.23. The fourth-order valence-electron chi connectivity index (χ4n) is 3.37. The van der Waals surface area contributed by atoms with Crippen molar-refractivity contribution < 1.29 is 0 Å². The molecule has 0 saturated carbocycles. The second kappa shape index (κ2) is 5.48. The lowest BCUT2D eigenvalue weighted by atomic mass is 9.98. The van der Waals surface area contributed by atoms with Crippen LogP contribution in [-0.4, -0.2) is 48.3 Å². The fourth-order valence-corrected chi connectivity index (χ4v) is 3.37. The van der Waals surface area contributed by atoms with Crippen LogP contribution in [0, 0.1) is 0 Å². The molecule has 2 aliphatic rings. The highest BCUT2D eigenvalue weighted by atomic mass is 15.6. The molecule has 0 spiro atoms. The van der Waals surface area contributed by atoms with E-state index >= 15 is 0 Å². The average Bonchev–Trinajstić information content (AvgIpc) is 2.29. The van der Waals surface area contributed by atoms with Gasteiger partial charge in [-0.3, -0.25) is 0 Å². The maximum Gasteiger partial charge on any atom is 0.0287 e. The van der Waals surface area contributed by atoms with E-state index in [0.717, 1.165) is 12.1 Å². The van der Waals surface area contributed by atoms with Crippen molar-refractivity contribution in [1.29, 1.82) is 0 Å². The van der Waals surface area contributed by atoms with Crippen LogP contribution < -0.4 is 5.32 Å². The van der Waals surface area contributed by atoms with Crippen molar-refractivity contribution in [3.63, 3.8) is 0 Å². The number of likely N-dealkylation sites (N-methyl/N-ethyl adjacent to an activating group) is 1. The van der Waals surface area contributed by atoms with Gasteiger partial charge in [-0.1, -0.05) is 6.42 Å². The summed E-state index contributed by atoms with van der Waals surface area (Å²) < 4.78 is 0. The van der Waals surface area contributed by atoms with Gasteiger partial charge in [0.05, 0.1) is 0 Å². The summed E-state index contributed by atoms with van der Waals surface area (Å²) in [6, 6.07) is 2.16. The first-order valence-corrected chi connectivity index (χ1v) is 6.93. The molecule has 2 aliphatic heterocycles. The van der Waals surface area contributed by atoms with E-state index in [0.29, 0.717) is 6.04 Å². The van der Waals surface area contributed by atoms with E-state index in [1.54, 1.807) is 0 Å². The minimum Gasteiger partial charge on any atom is -0.316 e. The zero-order chi connectivity index (χ0) is 11.5. The molecule has 3 nitrogen and oxygen atoms in total. The van der Waals surface area contributed by atoms with E-state index in [1.807, 2.05) is 0 Å². The molecule has 3 heteroatoms. The summed E-state index contributed by atoms with van der Waals surface area (Å²) in [5.74, 6) is 0. The molecule has 94 valence electrons. The molecule has 0 aliphatic carbocycles. The first-order chi connectivity index (χ1) is 7.72. The van der Waals surface area contributed by atoms with Gasteiger partial charge in [0.2, 0.25) is 0 Å². The third-order valence-electron chi connectivity index (χ3n) is 4.28. The van der Waals surface area contributed by atoms with Crippen LogP contribution in [0.5, 0.6) is 0 Å². The van der Waals surface area contributed by atoms with Gasteiger partial charge in [0.25, 0.3) is 0 Å². The van der Waals surface area contributed by atoms with Crippen LogP contribution in [-0.2, 0) is 0 Å². The van der Waals surface area contributed by atoms with Crippen molar-refractivity contribution in [2.75, 3.05) is 20.1 Å². The van der Waals surface area contributed by atoms with Gasteiger partial charge in [-0.25, -0.2) is 10.0 Å². The summed E-state index contributed by atoms with van der Waals surface area (Å²) in [4.78, 5) is 0. The number of nitrogens with one attached hydrogen (secondary N) is 1. The normalized spacial score (nSPS) is 38.8. The molecule has 2 rings (SSSR count). The Morgan fingerprint density at radius 1 is 1.00 bits per heavy atom. The fraction of sp³-hybridized carbons (Fsp3) is 1.00. The SMILES string of the molecule is CNC1CCCN(N2C(C)CCCC2C)C1. The summed E-state index contributed by atoms with van der Waals surface area (Å²) >= 11 is 0. The van der Waals surface area contributed by atoms with Crippen molar-refractivity contribution in [2.45, 2.75) is 64.1 Å². The number of rotatable bonds is 2. The van der Waals surface area contributed by atoms with E-state index in [4.69, 9.17) is 0 Å². The van der Waals surface area contributed by atoms with Gasteiger partial charge >= 0.3 is 0 Å². The van der Waals surface area contributed by atoms with Crippen molar-refractivity contribution in [2.24, 2.45) is 0 Å². The quantitative estimate of drug-likeness (QED) is 0.774. The van der Waals surface area contributed by atoms with Gasteiger partial charge in [0.15, 0.2) is 0 Å². The Hall–Kier alpha value is -0.120. The first kappa shape index (κ1) is 12.3. The van der Waals surface area contributed by atoms with Crippen molar-refractivity contribution in [3.8, 4) is 0 Å². The Morgan fingerprint density at radius 3 is 2.31 bits per heavy atom. The molecule has 2 heterocycles. The van der Waals surface area contributed by atoms with E-state index in [2.05, 4.69) is 36.2 Å². The zero-order valence-corrected chi connectivity index (χ0v) is 11.1. The third-order valence-corrected chi connectivity index (χ3v) is 4.28. The van der Waals surface area contributed by atoms with Crippen LogP contribution in [0.2, 0.25) is 0 Å². The molecule has 0 aromatic rings. The monoisotopic (exact) mass is 225 g/mol. The van der Waals surface area contributed by atoms with Crippen molar-refractivity contribution in [1.82, 2.24) is 15.3 Å². The Bertz CT molecular complexity index is 209. The van der Waals surface area contributed by atoms with Crippen LogP contribution >= 0.6 is 0 Å². The molecule has 3 atom stereocenters. The Morgan fingerprint density at radius 2 is 1.69 bits per heavy atom. The second-order valence-electron chi connectivity index (χ2n) is 5.55. The topological polar surface area (TPSA) is 18.5 Å². The van der Waals surface area contributed by atoms with E-state index in [1.165, 1.54) is 45.2 Å². The highest BCUT2D eigenvalue weighted by Gasteiger charge is 2.32. The van der Waals surface area contributed by atoms with Crippen LogP contribution in [0.1, 0.15) is 46.0 Å². The zero-order valence-electron chi connectivity index (χ0n) is 11.1. The van der Waals surface area contributed by atoms with Crippen molar-refractivity contribution >= 4 is 0 Å². The lowest BCUT2D eigenvalue weighted by Gasteiger charge is -2.48. The van der Waals surface area contributed by atoms with Crippen molar-refractivity contribution in [3.05, 3.63) is 0 Å². The molecular weight excluding hydrogens is 198 g/mol. The summed E-state index contributed by atoms with van der Waals surface area (Å²) in [6.07, 6.45) is 6.81. The molecule has 0 aromatic heterocycles. The van der Waals surface area contributed by atoms with E-state index < -0.39 is 0 Å². The minimum absolute atomic E-state index is 0.690.